The first-order valence-electron chi connectivity index (χ1n) is 7.50. The van der Waals surface area contributed by atoms with E-state index in [0.717, 1.165) is 11.4 Å². The van der Waals surface area contributed by atoms with Gasteiger partial charge in [0.2, 0.25) is 11.8 Å². The van der Waals surface area contributed by atoms with E-state index in [4.69, 9.17) is 0 Å². The van der Waals surface area contributed by atoms with Gasteiger partial charge in [-0.2, -0.15) is 0 Å². The van der Waals surface area contributed by atoms with Gasteiger partial charge in [-0.05, 0) is 44.5 Å². The lowest BCUT2D eigenvalue weighted by molar-refractivity contribution is -0.117. The quantitative estimate of drug-likeness (QED) is 0.859. The van der Waals surface area contributed by atoms with E-state index in [-0.39, 0.29) is 24.7 Å². The summed E-state index contributed by atoms with van der Waals surface area (Å²) < 4.78 is 0. The van der Waals surface area contributed by atoms with Gasteiger partial charge in [0.15, 0.2) is 0 Å². The Bertz CT molecular complexity index is 641. The Balaban J connectivity index is 1.71. The fraction of sp³-hybridized carbons (Fsp3) is 0.294. The van der Waals surface area contributed by atoms with Crippen molar-refractivity contribution in [2.75, 3.05) is 10.6 Å². The van der Waals surface area contributed by atoms with E-state index in [9.17, 15) is 9.59 Å². The second-order valence-corrected chi connectivity index (χ2v) is 5.28. The summed E-state index contributed by atoms with van der Waals surface area (Å²) in [5.74, 6) is 0.765. The Kier molecular flexibility index (Phi) is 5.80. The highest BCUT2D eigenvalue weighted by molar-refractivity contribution is 5.92. The summed E-state index contributed by atoms with van der Waals surface area (Å²) in [5.41, 5.74) is 1.68. The van der Waals surface area contributed by atoms with Crippen LogP contribution in [0, 0.1) is 13.8 Å². The van der Waals surface area contributed by atoms with Crippen LogP contribution in [0.15, 0.2) is 36.4 Å². The summed E-state index contributed by atoms with van der Waals surface area (Å²) >= 11 is 0. The third kappa shape index (κ3) is 5.86. The zero-order valence-electron chi connectivity index (χ0n) is 13.3. The highest BCUT2D eigenvalue weighted by atomic mass is 16.2. The highest BCUT2D eigenvalue weighted by Crippen LogP contribution is 2.08. The van der Waals surface area contributed by atoms with Crippen LogP contribution in [-0.2, 0) is 9.59 Å². The fourth-order valence-electron chi connectivity index (χ4n) is 2.05. The molecule has 2 aromatic heterocycles. The summed E-state index contributed by atoms with van der Waals surface area (Å²) in [6, 6.07) is 10.9. The average molecular weight is 312 g/mol. The Hall–Kier alpha value is -2.76. The predicted octanol–water partition coefficient (Wildman–Crippen LogP) is 2.84. The predicted molar refractivity (Wildman–Crippen MR) is 89.1 cm³/mol. The summed E-state index contributed by atoms with van der Waals surface area (Å²) in [7, 11) is 0. The zero-order valence-corrected chi connectivity index (χ0v) is 13.3. The van der Waals surface area contributed by atoms with Gasteiger partial charge in [-0.15, -0.1) is 0 Å². The first-order valence-corrected chi connectivity index (χ1v) is 7.50. The number of hydrogen-bond acceptors (Lipinski definition) is 4. The summed E-state index contributed by atoms with van der Waals surface area (Å²) in [4.78, 5) is 32.0. The third-order valence-electron chi connectivity index (χ3n) is 3.12. The number of carbonyl (C=O) groups is 2. The summed E-state index contributed by atoms with van der Waals surface area (Å²) in [5, 5.41) is 5.44. The summed E-state index contributed by atoms with van der Waals surface area (Å²) in [6.45, 7) is 3.72. The smallest absolute Gasteiger partial charge is 0.225 e. The largest absolute Gasteiger partial charge is 0.311 e. The molecule has 0 unspecified atom stereocenters. The number of hydrogen-bond donors (Lipinski definition) is 2. The number of nitrogens with one attached hydrogen (secondary N) is 2. The molecule has 0 aliphatic carbocycles. The molecule has 2 amide bonds. The molecule has 0 radical (unpaired) electrons. The lowest BCUT2D eigenvalue weighted by atomic mass is 10.2. The molecule has 2 N–H and O–H groups in total. The van der Waals surface area contributed by atoms with Crippen LogP contribution in [0.1, 0.15) is 30.7 Å². The standard InChI is InChI=1S/C17H20N4O2/c1-12-6-3-8-14(18-12)20-16(22)10-5-11-17(23)21-15-9-4-7-13(2)19-15/h3-4,6-9H,5,10-11H2,1-2H3,(H,18,20,22)(H,19,21,23). The first kappa shape index (κ1) is 16.6. The van der Waals surface area contributed by atoms with Crippen LogP contribution in [0.3, 0.4) is 0 Å². The molecule has 0 saturated carbocycles. The van der Waals surface area contributed by atoms with Crippen molar-refractivity contribution in [3.8, 4) is 0 Å². The number of aryl methyl sites for hydroxylation is 2. The first-order chi connectivity index (χ1) is 11.0. The molecular weight excluding hydrogens is 292 g/mol. The fourth-order valence-corrected chi connectivity index (χ4v) is 2.05. The molecule has 2 aromatic rings. The van der Waals surface area contributed by atoms with Crippen LogP contribution in [0.5, 0.6) is 0 Å². The number of rotatable bonds is 6. The number of anilines is 2. The maximum absolute atomic E-state index is 11.8. The van der Waals surface area contributed by atoms with Crippen LogP contribution >= 0.6 is 0 Å². The van der Waals surface area contributed by atoms with E-state index in [1.807, 2.05) is 38.1 Å². The van der Waals surface area contributed by atoms with Gasteiger partial charge in [0.25, 0.3) is 0 Å². The van der Waals surface area contributed by atoms with Crippen molar-refractivity contribution in [1.82, 2.24) is 9.97 Å². The number of carbonyl (C=O) groups excluding carboxylic acids is 2. The second kappa shape index (κ2) is 8.03. The molecule has 0 fully saturated rings. The van der Waals surface area contributed by atoms with E-state index in [0.29, 0.717) is 18.1 Å². The lowest BCUT2D eigenvalue weighted by Crippen LogP contribution is -2.16. The SMILES string of the molecule is Cc1cccc(NC(=O)CCCC(=O)Nc2cccc(C)n2)n1. The molecule has 2 rings (SSSR count). The van der Waals surface area contributed by atoms with Gasteiger partial charge in [-0.3, -0.25) is 9.59 Å². The molecule has 0 aromatic carbocycles. The molecule has 0 aliphatic heterocycles. The molecule has 0 atom stereocenters. The van der Waals surface area contributed by atoms with Crippen molar-refractivity contribution in [3.05, 3.63) is 47.8 Å². The minimum absolute atomic E-state index is 0.149. The van der Waals surface area contributed by atoms with Crippen molar-refractivity contribution in [1.29, 1.82) is 0 Å². The van der Waals surface area contributed by atoms with E-state index in [1.54, 1.807) is 12.1 Å². The monoisotopic (exact) mass is 312 g/mol. The third-order valence-corrected chi connectivity index (χ3v) is 3.12. The van der Waals surface area contributed by atoms with Crippen molar-refractivity contribution < 1.29 is 9.59 Å². The lowest BCUT2D eigenvalue weighted by Gasteiger charge is -2.06. The number of amides is 2. The minimum Gasteiger partial charge on any atom is -0.311 e. The maximum Gasteiger partial charge on any atom is 0.225 e. The Labute approximate surface area is 135 Å². The molecular formula is C17H20N4O2. The molecule has 120 valence electrons. The van der Waals surface area contributed by atoms with Gasteiger partial charge in [-0.25, -0.2) is 9.97 Å². The Morgan fingerprint density at radius 3 is 1.65 bits per heavy atom. The van der Waals surface area contributed by atoms with Gasteiger partial charge in [0.1, 0.15) is 11.6 Å². The number of pyridine rings is 2. The molecule has 2 heterocycles. The molecule has 0 bridgehead atoms. The molecule has 0 spiro atoms. The zero-order chi connectivity index (χ0) is 16.7. The number of nitrogens with zero attached hydrogens (tertiary/aromatic N) is 2. The minimum atomic E-state index is -0.149. The molecule has 0 saturated heterocycles. The van der Waals surface area contributed by atoms with E-state index in [2.05, 4.69) is 20.6 Å². The van der Waals surface area contributed by atoms with Crippen molar-refractivity contribution in [3.63, 3.8) is 0 Å². The molecule has 0 aliphatic rings. The normalized spacial score (nSPS) is 10.2. The van der Waals surface area contributed by atoms with Crippen LogP contribution in [0.4, 0.5) is 11.6 Å². The van der Waals surface area contributed by atoms with Crippen LogP contribution < -0.4 is 10.6 Å². The Morgan fingerprint density at radius 1 is 0.826 bits per heavy atom. The van der Waals surface area contributed by atoms with Gasteiger partial charge in [0.05, 0.1) is 0 Å². The van der Waals surface area contributed by atoms with Gasteiger partial charge in [-0.1, -0.05) is 12.1 Å². The second-order valence-electron chi connectivity index (χ2n) is 5.28. The van der Waals surface area contributed by atoms with Crippen LogP contribution in [0.2, 0.25) is 0 Å². The molecule has 6 nitrogen and oxygen atoms in total. The topological polar surface area (TPSA) is 84.0 Å². The van der Waals surface area contributed by atoms with Crippen molar-refractivity contribution >= 4 is 23.5 Å². The molecule has 6 heteroatoms. The van der Waals surface area contributed by atoms with Crippen LogP contribution in [-0.4, -0.2) is 21.8 Å². The summed E-state index contributed by atoms with van der Waals surface area (Å²) in [6.07, 6.45) is 1.00. The average Bonchev–Trinajstić information content (AvgIpc) is 2.47. The van der Waals surface area contributed by atoms with E-state index < -0.39 is 0 Å². The maximum atomic E-state index is 11.8. The van der Waals surface area contributed by atoms with Gasteiger partial charge in [0, 0.05) is 24.2 Å². The van der Waals surface area contributed by atoms with Crippen LogP contribution in [0.25, 0.3) is 0 Å². The van der Waals surface area contributed by atoms with Gasteiger partial charge >= 0.3 is 0 Å². The molecule has 23 heavy (non-hydrogen) atoms. The van der Waals surface area contributed by atoms with Crippen molar-refractivity contribution in [2.45, 2.75) is 33.1 Å². The highest BCUT2D eigenvalue weighted by Gasteiger charge is 2.07. The Morgan fingerprint density at radius 2 is 1.26 bits per heavy atom. The van der Waals surface area contributed by atoms with Gasteiger partial charge < -0.3 is 10.6 Å². The van der Waals surface area contributed by atoms with E-state index >= 15 is 0 Å². The number of aromatic nitrogens is 2. The van der Waals surface area contributed by atoms with Crippen molar-refractivity contribution in [2.24, 2.45) is 0 Å². The van der Waals surface area contributed by atoms with E-state index in [1.165, 1.54) is 0 Å².